The molecule has 0 atom stereocenters. The average molecular weight is 238 g/mol. The molecule has 2 heterocycles. The van der Waals surface area contributed by atoms with Crippen LogP contribution in [-0.2, 0) is 0 Å². The predicted octanol–water partition coefficient (Wildman–Crippen LogP) is 1.70. The third-order valence-corrected chi connectivity index (χ3v) is 5.74. The highest BCUT2D eigenvalue weighted by Crippen LogP contribution is 2.21. The Morgan fingerprint density at radius 2 is 1.50 bits per heavy atom. The lowest BCUT2D eigenvalue weighted by Crippen LogP contribution is -2.46. The third kappa shape index (κ3) is 3.19. The van der Waals surface area contributed by atoms with Crippen LogP contribution in [0.5, 0.6) is 0 Å². The molecular formula is C13H26N2Si. The van der Waals surface area contributed by atoms with Crippen LogP contribution >= 0.6 is 0 Å². The summed E-state index contributed by atoms with van der Waals surface area (Å²) in [5, 5.41) is 0. The van der Waals surface area contributed by atoms with E-state index in [1.165, 1.54) is 64.0 Å². The molecule has 2 rings (SSSR count). The van der Waals surface area contributed by atoms with Gasteiger partial charge in [0.2, 0.25) is 0 Å². The van der Waals surface area contributed by atoms with Crippen molar-refractivity contribution in [3.8, 4) is 0 Å². The fraction of sp³-hybridized carbons (Fsp3) is 0.846. The van der Waals surface area contributed by atoms with E-state index in [9.17, 15) is 0 Å². The number of likely N-dealkylation sites (tertiary alicyclic amines) is 2. The maximum Gasteiger partial charge on any atom is 0.0592 e. The molecule has 3 heteroatoms. The van der Waals surface area contributed by atoms with Crippen LogP contribution in [0.4, 0.5) is 0 Å². The Kier molecular flexibility index (Phi) is 5.07. The highest BCUT2D eigenvalue weighted by atomic mass is 28.2. The molecule has 2 aliphatic heterocycles. The Morgan fingerprint density at radius 1 is 1.00 bits per heavy atom. The molecule has 0 aliphatic carbocycles. The van der Waals surface area contributed by atoms with E-state index in [0.29, 0.717) is 0 Å². The van der Waals surface area contributed by atoms with Gasteiger partial charge in [-0.15, -0.1) is 6.58 Å². The highest BCUT2D eigenvalue weighted by Gasteiger charge is 2.28. The zero-order valence-electron chi connectivity index (χ0n) is 10.5. The third-order valence-electron chi connectivity index (χ3n) is 3.99. The van der Waals surface area contributed by atoms with Gasteiger partial charge in [-0.05, 0) is 64.0 Å². The minimum absolute atomic E-state index is 0.0951. The maximum atomic E-state index is 3.86. The van der Waals surface area contributed by atoms with Crippen molar-refractivity contribution in [2.45, 2.75) is 43.9 Å². The first-order valence-corrected chi connectivity index (χ1v) is 9.01. The van der Waals surface area contributed by atoms with Crippen molar-refractivity contribution in [2.75, 3.05) is 26.2 Å². The van der Waals surface area contributed by atoms with E-state index < -0.39 is 0 Å². The van der Waals surface area contributed by atoms with E-state index in [0.717, 1.165) is 6.17 Å². The van der Waals surface area contributed by atoms with Gasteiger partial charge < -0.3 is 0 Å². The molecule has 0 radical (unpaired) electrons. The SMILES string of the molecule is C=CC[SiH2]CC(N1CCCC1)N1CCCC1. The molecule has 2 aliphatic rings. The molecule has 0 aromatic heterocycles. The topological polar surface area (TPSA) is 6.48 Å². The van der Waals surface area contributed by atoms with Crippen molar-refractivity contribution in [1.29, 1.82) is 0 Å². The van der Waals surface area contributed by atoms with Crippen molar-refractivity contribution in [2.24, 2.45) is 0 Å². The van der Waals surface area contributed by atoms with Gasteiger partial charge in [-0.3, -0.25) is 9.80 Å². The summed E-state index contributed by atoms with van der Waals surface area (Å²) in [6, 6.07) is 2.80. The van der Waals surface area contributed by atoms with Crippen LogP contribution < -0.4 is 0 Å². The van der Waals surface area contributed by atoms with Gasteiger partial charge >= 0.3 is 0 Å². The average Bonchev–Trinajstić information content (AvgIpc) is 2.97. The number of allylic oxidation sites excluding steroid dienone is 1. The first-order chi connectivity index (χ1) is 7.92. The van der Waals surface area contributed by atoms with Gasteiger partial charge in [0.1, 0.15) is 0 Å². The van der Waals surface area contributed by atoms with Crippen LogP contribution in [-0.4, -0.2) is 51.7 Å². The van der Waals surface area contributed by atoms with Gasteiger partial charge in [-0.25, -0.2) is 0 Å². The number of hydrogen-bond acceptors (Lipinski definition) is 2. The van der Waals surface area contributed by atoms with Crippen molar-refractivity contribution in [3.05, 3.63) is 12.7 Å². The molecule has 2 fully saturated rings. The molecule has 2 saturated heterocycles. The lowest BCUT2D eigenvalue weighted by atomic mass is 10.4. The highest BCUT2D eigenvalue weighted by molar-refractivity contribution is 6.36. The zero-order chi connectivity index (χ0) is 11.2. The van der Waals surface area contributed by atoms with Crippen LogP contribution in [0.2, 0.25) is 12.1 Å². The van der Waals surface area contributed by atoms with E-state index in [4.69, 9.17) is 0 Å². The number of nitrogens with zero attached hydrogens (tertiary/aromatic N) is 2. The van der Waals surface area contributed by atoms with Crippen molar-refractivity contribution in [3.63, 3.8) is 0 Å². The van der Waals surface area contributed by atoms with Crippen molar-refractivity contribution in [1.82, 2.24) is 9.80 Å². The predicted molar refractivity (Wildman–Crippen MR) is 73.8 cm³/mol. The van der Waals surface area contributed by atoms with Gasteiger partial charge in [-0.2, -0.15) is 0 Å². The molecule has 0 aromatic carbocycles. The summed E-state index contributed by atoms with van der Waals surface area (Å²) in [6.45, 7) is 9.26. The van der Waals surface area contributed by atoms with Crippen molar-refractivity contribution >= 4 is 9.52 Å². The van der Waals surface area contributed by atoms with Crippen LogP contribution in [0, 0.1) is 0 Å². The monoisotopic (exact) mass is 238 g/mol. The van der Waals surface area contributed by atoms with E-state index in [-0.39, 0.29) is 9.52 Å². The zero-order valence-corrected chi connectivity index (χ0v) is 11.9. The molecule has 2 nitrogen and oxygen atoms in total. The van der Waals surface area contributed by atoms with Gasteiger partial charge in [0.25, 0.3) is 0 Å². The Bertz CT molecular complexity index is 192. The van der Waals surface area contributed by atoms with Crippen LogP contribution in [0.25, 0.3) is 0 Å². The molecule has 0 bridgehead atoms. The molecule has 0 aromatic rings. The second-order valence-electron chi connectivity index (χ2n) is 5.19. The molecule has 0 unspecified atom stereocenters. The number of rotatable bonds is 6. The van der Waals surface area contributed by atoms with Crippen LogP contribution in [0.3, 0.4) is 0 Å². The molecule has 92 valence electrons. The first-order valence-electron chi connectivity index (χ1n) is 7.01. The fourth-order valence-electron chi connectivity index (χ4n) is 3.12. The molecule has 0 saturated carbocycles. The molecule has 16 heavy (non-hydrogen) atoms. The summed E-state index contributed by atoms with van der Waals surface area (Å²) in [4.78, 5) is 5.50. The summed E-state index contributed by atoms with van der Waals surface area (Å²) in [5.41, 5.74) is 0. The summed E-state index contributed by atoms with van der Waals surface area (Å²) in [7, 11) is 0.0951. The smallest absolute Gasteiger partial charge is 0.0592 e. The summed E-state index contributed by atoms with van der Waals surface area (Å²) < 4.78 is 0. The maximum absolute atomic E-state index is 3.86. The van der Waals surface area contributed by atoms with E-state index in [2.05, 4.69) is 22.5 Å². The van der Waals surface area contributed by atoms with Gasteiger partial charge in [0, 0.05) is 9.52 Å². The Morgan fingerprint density at radius 3 is 1.94 bits per heavy atom. The van der Waals surface area contributed by atoms with Gasteiger partial charge in [-0.1, -0.05) is 6.08 Å². The van der Waals surface area contributed by atoms with E-state index >= 15 is 0 Å². The summed E-state index contributed by atoms with van der Waals surface area (Å²) in [6.07, 6.45) is 8.62. The molecular weight excluding hydrogens is 212 g/mol. The molecule has 0 amide bonds. The lowest BCUT2D eigenvalue weighted by molar-refractivity contribution is 0.0948. The normalized spacial score (nSPS) is 24.1. The van der Waals surface area contributed by atoms with Crippen LogP contribution in [0.15, 0.2) is 12.7 Å². The van der Waals surface area contributed by atoms with Crippen LogP contribution in [0.1, 0.15) is 25.7 Å². The molecule has 0 N–H and O–H groups in total. The summed E-state index contributed by atoms with van der Waals surface area (Å²) in [5.74, 6) is 0. The minimum atomic E-state index is 0.0951. The fourth-order valence-corrected chi connectivity index (χ4v) is 4.74. The van der Waals surface area contributed by atoms with Crippen molar-refractivity contribution < 1.29 is 0 Å². The standard InChI is InChI=1S/C13H26N2Si/c1-2-11-16-12-13(14-7-3-4-8-14)15-9-5-6-10-15/h2,13H,1,3-12,16H2. The second-order valence-corrected chi connectivity index (χ2v) is 7.05. The van der Waals surface area contributed by atoms with Gasteiger partial charge in [0.15, 0.2) is 0 Å². The minimum Gasteiger partial charge on any atom is -0.288 e. The Hall–Kier alpha value is -0.123. The molecule has 0 spiro atoms. The van der Waals surface area contributed by atoms with E-state index in [1.54, 1.807) is 0 Å². The van der Waals surface area contributed by atoms with E-state index in [1.807, 2.05) is 0 Å². The number of hydrogen-bond donors (Lipinski definition) is 0. The Balaban J connectivity index is 1.85. The lowest BCUT2D eigenvalue weighted by Gasteiger charge is -2.35. The quantitative estimate of drug-likeness (QED) is 0.395. The summed E-state index contributed by atoms with van der Waals surface area (Å²) >= 11 is 0. The largest absolute Gasteiger partial charge is 0.288 e. The van der Waals surface area contributed by atoms with Gasteiger partial charge in [0.05, 0.1) is 6.17 Å². The second kappa shape index (κ2) is 6.57. The first kappa shape index (κ1) is 12.3. The Labute approximate surface area is 103 Å².